The van der Waals surface area contributed by atoms with Crippen molar-refractivity contribution < 1.29 is 22.4 Å². The van der Waals surface area contributed by atoms with E-state index in [9.17, 15) is 22.4 Å². The number of rotatable bonds is 11. The quantitative estimate of drug-likeness (QED) is 0.446. The highest BCUT2D eigenvalue weighted by Gasteiger charge is 2.33. The molecule has 0 aliphatic rings. The van der Waals surface area contributed by atoms with Crippen LogP contribution in [0.25, 0.3) is 0 Å². The highest BCUT2D eigenvalue weighted by atomic mass is 35.5. The van der Waals surface area contributed by atoms with Gasteiger partial charge in [-0.1, -0.05) is 55.2 Å². The van der Waals surface area contributed by atoms with Crippen LogP contribution in [0.1, 0.15) is 39.2 Å². The van der Waals surface area contributed by atoms with Crippen LogP contribution in [0.5, 0.6) is 0 Å². The van der Waals surface area contributed by atoms with Crippen molar-refractivity contribution in [2.75, 3.05) is 17.1 Å². The number of hydrogen-bond donors (Lipinski definition) is 1. The van der Waals surface area contributed by atoms with Gasteiger partial charge in [-0.15, -0.1) is 0 Å². The third kappa shape index (κ3) is 7.56. The number of nitrogens with one attached hydrogen (secondary N) is 1. The molecule has 0 aliphatic carbocycles. The lowest BCUT2D eigenvalue weighted by atomic mass is 10.1. The lowest BCUT2D eigenvalue weighted by Gasteiger charge is -2.33. The minimum Gasteiger partial charge on any atom is -0.352 e. The number of benzene rings is 2. The molecule has 0 spiro atoms. The Balaban J connectivity index is 2.52. The first-order valence-corrected chi connectivity index (χ1v) is 13.8. The third-order valence-electron chi connectivity index (χ3n) is 5.58. The first-order chi connectivity index (χ1) is 16.4. The predicted molar refractivity (Wildman–Crippen MR) is 138 cm³/mol. The molecule has 0 aliphatic heterocycles. The molecule has 11 heteroatoms. The molecule has 2 aromatic carbocycles. The zero-order valence-corrected chi connectivity index (χ0v) is 22.4. The van der Waals surface area contributed by atoms with Crippen molar-refractivity contribution in [1.29, 1.82) is 0 Å². The van der Waals surface area contributed by atoms with Gasteiger partial charge >= 0.3 is 0 Å². The lowest BCUT2D eigenvalue weighted by molar-refractivity contribution is -0.140. The maximum atomic E-state index is 14.5. The second-order valence-corrected chi connectivity index (χ2v) is 10.9. The van der Waals surface area contributed by atoms with Crippen LogP contribution in [0.2, 0.25) is 10.0 Å². The van der Waals surface area contributed by atoms with Gasteiger partial charge in [0.2, 0.25) is 21.8 Å². The van der Waals surface area contributed by atoms with Crippen LogP contribution >= 0.6 is 23.2 Å². The number of amides is 2. The van der Waals surface area contributed by atoms with Crippen molar-refractivity contribution in [2.45, 2.75) is 52.2 Å². The fourth-order valence-corrected chi connectivity index (χ4v) is 4.83. The molecule has 0 saturated carbocycles. The topological polar surface area (TPSA) is 86.8 Å². The van der Waals surface area contributed by atoms with Crippen molar-refractivity contribution in [3.63, 3.8) is 0 Å². The maximum absolute atomic E-state index is 14.5. The number of nitrogens with zero attached hydrogens (tertiary/aromatic N) is 2. The summed E-state index contributed by atoms with van der Waals surface area (Å²) in [6.45, 7) is 4.64. The van der Waals surface area contributed by atoms with Gasteiger partial charge in [-0.2, -0.15) is 0 Å². The summed E-state index contributed by atoms with van der Waals surface area (Å²) in [5.74, 6) is -1.90. The molecule has 0 heterocycles. The summed E-state index contributed by atoms with van der Waals surface area (Å²) in [6, 6.07) is 9.04. The van der Waals surface area contributed by atoms with Crippen molar-refractivity contribution >= 4 is 50.7 Å². The maximum Gasteiger partial charge on any atom is 0.244 e. The van der Waals surface area contributed by atoms with Crippen molar-refractivity contribution in [2.24, 2.45) is 0 Å². The Morgan fingerprint density at radius 3 is 2.14 bits per heavy atom. The molecule has 0 unspecified atom stereocenters. The van der Waals surface area contributed by atoms with Gasteiger partial charge in [0.1, 0.15) is 18.4 Å². The average Bonchev–Trinajstić information content (AvgIpc) is 2.78. The second kappa shape index (κ2) is 12.6. The first-order valence-electron chi connectivity index (χ1n) is 11.2. The molecular formula is C24H30Cl2FN3O4S. The molecule has 2 atom stereocenters. The molecule has 7 nitrogen and oxygen atoms in total. The summed E-state index contributed by atoms with van der Waals surface area (Å²) >= 11 is 12.7. The summed E-state index contributed by atoms with van der Waals surface area (Å²) in [5, 5.41) is 3.45. The van der Waals surface area contributed by atoms with Crippen molar-refractivity contribution in [3.8, 4) is 0 Å². The normalized spacial score (nSPS) is 13.1. The van der Waals surface area contributed by atoms with Crippen LogP contribution in [-0.2, 0) is 26.2 Å². The molecule has 2 aromatic rings. The summed E-state index contributed by atoms with van der Waals surface area (Å²) in [7, 11) is -4.04. The smallest absolute Gasteiger partial charge is 0.244 e. The van der Waals surface area contributed by atoms with E-state index in [0.717, 1.165) is 12.3 Å². The van der Waals surface area contributed by atoms with E-state index in [2.05, 4.69) is 5.32 Å². The zero-order chi connectivity index (χ0) is 26.3. The largest absolute Gasteiger partial charge is 0.352 e. The molecule has 0 bridgehead atoms. The van der Waals surface area contributed by atoms with Crippen LogP contribution in [-0.4, -0.2) is 50.0 Å². The van der Waals surface area contributed by atoms with Gasteiger partial charge in [-0.25, -0.2) is 12.8 Å². The van der Waals surface area contributed by atoms with Gasteiger partial charge in [0.05, 0.1) is 11.9 Å². The number of carbonyl (C=O) groups excluding carboxylic acids is 2. The summed E-state index contributed by atoms with van der Waals surface area (Å²) in [4.78, 5) is 27.9. The third-order valence-corrected chi connectivity index (χ3v) is 7.41. The first kappa shape index (κ1) is 28.9. The number of carbonyl (C=O) groups is 2. The van der Waals surface area contributed by atoms with Crippen LogP contribution in [0, 0.1) is 5.82 Å². The Kier molecular flexibility index (Phi) is 10.4. The number of halogens is 3. The summed E-state index contributed by atoms with van der Waals surface area (Å²) in [5.41, 5.74) is 0.145. The van der Waals surface area contributed by atoms with Crippen LogP contribution < -0.4 is 9.62 Å². The molecular weight excluding hydrogens is 516 g/mol. The molecule has 2 rings (SSSR count). The van der Waals surface area contributed by atoms with E-state index in [-0.39, 0.29) is 24.7 Å². The summed E-state index contributed by atoms with van der Waals surface area (Å²) in [6.07, 6.45) is 1.81. The highest BCUT2D eigenvalue weighted by molar-refractivity contribution is 7.92. The molecule has 0 saturated heterocycles. The van der Waals surface area contributed by atoms with Gasteiger partial charge < -0.3 is 10.2 Å². The van der Waals surface area contributed by atoms with E-state index in [1.54, 1.807) is 25.1 Å². The van der Waals surface area contributed by atoms with Gasteiger partial charge in [0.15, 0.2) is 0 Å². The van der Waals surface area contributed by atoms with E-state index in [1.807, 2.05) is 13.8 Å². The minimum absolute atomic E-state index is 0.136. The molecule has 0 aromatic heterocycles. The molecule has 1 N–H and O–H groups in total. The lowest BCUT2D eigenvalue weighted by Crippen LogP contribution is -2.53. The van der Waals surface area contributed by atoms with E-state index in [0.29, 0.717) is 26.3 Å². The Labute approximate surface area is 216 Å². The standard InChI is InChI=1S/C24H30Cl2FN3O4S/c1-5-16(3)28-24(32)21(6-2)29(14-17-18(25)10-9-11-19(17)26)23(31)15-30(35(4,33)34)22-13-8-7-12-20(22)27/h7-13,16,21H,5-6,14-15H2,1-4H3,(H,28,32)/t16-,21-/m1/s1. The van der Waals surface area contributed by atoms with E-state index < -0.39 is 40.2 Å². The van der Waals surface area contributed by atoms with Crippen LogP contribution in [0.4, 0.5) is 10.1 Å². The Morgan fingerprint density at radius 1 is 1.03 bits per heavy atom. The molecule has 0 fully saturated rings. The molecule has 192 valence electrons. The summed E-state index contributed by atoms with van der Waals surface area (Å²) < 4.78 is 40.2. The number of hydrogen-bond acceptors (Lipinski definition) is 4. The minimum atomic E-state index is -4.04. The highest BCUT2D eigenvalue weighted by Crippen LogP contribution is 2.28. The Bertz CT molecular complexity index is 1140. The Morgan fingerprint density at radius 2 is 1.63 bits per heavy atom. The van der Waals surface area contributed by atoms with Gasteiger partial charge in [-0.3, -0.25) is 13.9 Å². The fourth-order valence-electron chi connectivity index (χ4n) is 3.46. The van der Waals surface area contributed by atoms with Crippen molar-refractivity contribution in [1.82, 2.24) is 10.2 Å². The molecule has 2 amide bonds. The predicted octanol–water partition coefficient (Wildman–Crippen LogP) is 4.62. The average molecular weight is 546 g/mol. The monoisotopic (exact) mass is 545 g/mol. The number of anilines is 1. The van der Waals surface area contributed by atoms with E-state index >= 15 is 0 Å². The van der Waals surface area contributed by atoms with Gasteiger partial charge in [0, 0.05) is 28.2 Å². The van der Waals surface area contributed by atoms with Crippen LogP contribution in [0.3, 0.4) is 0 Å². The van der Waals surface area contributed by atoms with E-state index in [4.69, 9.17) is 23.2 Å². The van der Waals surface area contributed by atoms with E-state index in [1.165, 1.54) is 23.1 Å². The Hall–Kier alpha value is -2.36. The second-order valence-electron chi connectivity index (χ2n) is 8.18. The number of sulfonamides is 1. The van der Waals surface area contributed by atoms with Gasteiger partial charge in [0.25, 0.3) is 0 Å². The van der Waals surface area contributed by atoms with Crippen LogP contribution in [0.15, 0.2) is 42.5 Å². The zero-order valence-electron chi connectivity index (χ0n) is 20.1. The SMILES string of the molecule is CC[C@@H](C)NC(=O)[C@@H](CC)N(Cc1c(Cl)cccc1Cl)C(=O)CN(c1ccccc1F)S(C)(=O)=O. The fraction of sp³-hybridized carbons (Fsp3) is 0.417. The molecule has 0 radical (unpaired) electrons. The molecule has 35 heavy (non-hydrogen) atoms. The van der Waals surface area contributed by atoms with Gasteiger partial charge in [-0.05, 0) is 44.0 Å². The van der Waals surface area contributed by atoms with Crippen molar-refractivity contribution in [3.05, 3.63) is 63.9 Å². The number of para-hydroxylation sites is 1.